The number of hydrogen-bond donors (Lipinski definition) is 0. The SMILES string of the molecule is C/C=c1/cc(OC2CCCCO2)cnc1=CC1Cc2c(OCc3nccc(OCCO[Si](C)(C)C(C)(C)C)n3)nc(Cl)nc2N1COCC[Si](C)(C)C. The molecule has 290 valence electrons. The minimum absolute atomic E-state index is 0.0706. The predicted molar refractivity (Wildman–Crippen MR) is 213 cm³/mol. The molecule has 0 aliphatic carbocycles. The second-order valence-electron chi connectivity index (χ2n) is 16.3. The van der Waals surface area contributed by atoms with Crippen molar-refractivity contribution in [1.82, 2.24) is 24.9 Å². The molecule has 5 rings (SSSR count). The molecule has 0 N–H and O–H groups in total. The van der Waals surface area contributed by atoms with Crippen molar-refractivity contribution in [1.29, 1.82) is 0 Å². The summed E-state index contributed by atoms with van der Waals surface area (Å²) < 4.78 is 36.6. The van der Waals surface area contributed by atoms with E-state index in [-0.39, 0.29) is 29.3 Å². The van der Waals surface area contributed by atoms with Gasteiger partial charge in [0.05, 0.1) is 36.4 Å². The molecule has 2 unspecified atom stereocenters. The highest BCUT2D eigenvalue weighted by atomic mass is 35.5. The van der Waals surface area contributed by atoms with Crippen molar-refractivity contribution in [3.05, 3.63) is 51.8 Å². The Balaban J connectivity index is 1.33. The molecule has 12 nitrogen and oxygen atoms in total. The van der Waals surface area contributed by atoms with Crippen LogP contribution in [0.3, 0.4) is 0 Å². The van der Waals surface area contributed by atoms with Gasteiger partial charge in [0.25, 0.3) is 0 Å². The van der Waals surface area contributed by atoms with E-state index >= 15 is 0 Å². The minimum atomic E-state index is -1.86. The summed E-state index contributed by atoms with van der Waals surface area (Å²) in [5.41, 5.74) is 0.830. The molecule has 3 aromatic heterocycles. The van der Waals surface area contributed by atoms with E-state index in [0.717, 1.165) is 48.0 Å². The normalized spacial score (nSPS) is 18.7. The first-order valence-corrected chi connectivity index (χ1v) is 25.7. The van der Waals surface area contributed by atoms with Gasteiger partial charge in [-0.1, -0.05) is 46.5 Å². The number of fused-ring (bicyclic) bond motifs is 1. The maximum Gasteiger partial charge on any atom is 0.227 e. The molecule has 0 saturated carbocycles. The van der Waals surface area contributed by atoms with Gasteiger partial charge in [-0.25, -0.2) is 4.98 Å². The highest BCUT2D eigenvalue weighted by Gasteiger charge is 2.37. The van der Waals surface area contributed by atoms with Gasteiger partial charge < -0.3 is 33.0 Å². The second kappa shape index (κ2) is 18.0. The Kier molecular flexibility index (Phi) is 13.9. The molecule has 0 aromatic carbocycles. The van der Waals surface area contributed by atoms with E-state index in [0.29, 0.717) is 62.1 Å². The Hall–Kier alpha value is -3.15. The van der Waals surface area contributed by atoms with Gasteiger partial charge in [-0.15, -0.1) is 0 Å². The molecule has 1 saturated heterocycles. The van der Waals surface area contributed by atoms with Crippen LogP contribution in [-0.2, 0) is 26.9 Å². The fourth-order valence-corrected chi connectivity index (χ4v) is 7.59. The van der Waals surface area contributed by atoms with Crippen LogP contribution in [0.4, 0.5) is 5.82 Å². The largest absolute Gasteiger partial charge is 0.475 e. The van der Waals surface area contributed by atoms with Gasteiger partial charge in [-0.2, -0.15) is 15.0 Å². The Bertz CT molecular complexity index is 1800. The number of pyridine rings is 1. The van der Waals surface area contributed by atoms with E-state index in [9.17, 15) is 0 Å². The standard InChI is InChI=1S/C38H57ClN6O6Si2/c1-10-27-21-29(51-34-13-11-12-16-48-34)24-41-31(27)23-28-22-30-35(45(28)26-46-19-20-52(5,6)7)43-37(39)44-36(30)49-25-32-40-15-14-33(42-32)47-17-18-50-53(8,9)38(2,3)4/h10,14-15,21,23-24,28,34H,11-13,16-20,22,25-26H2,1-9H3/b27-10-,31-23?. The van der Waals surface area contributed by atoms with E-state index in [4.69, 9.17) is 44.7 Å². The maximum absolute atomic E-state index is 6.53. The van der Waals surface area contributed by atoms with E-state index < -0.39 is 16.4 Å². The Morgan fingerprint density at radius 2 is 1.83 bits per heavy atom. The lowest BCUT2D eigenvalue weighted by atomic mass is 10.1. The van der Waals surface area contributed by atoms with E-state index in [1.54, 1.807) is 18.5 Å². The molecular weight excluding hydrogens is 728 g/mol. The fraction of sp³-hybridized carbons (Fsp3) is 0.605. The smallest absolute Gasteiger partial charge is 0.227 e. The lowest BCUT2D eigenvalue weighted by Crippen LogP contribution is -2.41. The minimum Gasteiger partial charge on any atom is -0.475 e. The van der Waals surface area contributed by atoms with Crippen molar-refractivity contribution >= 4 is 46.0 Å². The Morgan fingerprint density at radius 3 is 2.55 bits per heavy atom. The van der Waals surface area contributed by atoms with Crippen LogP contribution >= 0.6 is 11.6 Å². The molecule has 3 aromatic rings. The first-order chi connectivity index (χ1) is 25.1. The van der Waals surface area contributed by atoms with E-state index in [1.165, 1.54) is 0 Å². The van der Waals surface area contributed by atoms with Crippen molar-refractivity contribution in [3.8, 4) is 17.5 Å². The van der Waals surface area contributed by atoms with E-state index in [2.05, 4.69) is 84.4 Å². The summed E-state index contributed by atoms with van der Waals surface area (Å²) >= 11 is 6.53. The van der Waals surface area contributed by atoms with Gasteiger partial charge in [0.15, 0.2) is 20.4 Å². The van der Waals surface area contributed by atoms with Crippen molar-refractivity contribution in [2.75, 3.05) is 38.1 Å². The van der Waals surface area contributed by atoms with Crippen LogP contribution in [-0.4, -0.2) is 86.8 Å². The molecular formula is C38H57ClN6O6Si2. The summed E-state index contributed by atoms with van der Waals surface area (Å²) in [4.78, 5) is 25.1. The zero-order valence-corrected chi connectivity index (χ0v) is 35.7. The summed E-state index contributed by atoms with van der Waals surface area (Å²) in [5, 5.41) is 2.00. The van der Waals surface area contributed by atoms with Crippen LogP contribution in [0, 0.1) is 0 Å². The van der Waals surface area contributed by atoms with Gasteiger partial charge in [-0.3, -0.25) is 4.98 Å². The zero-order valence-electron chi connectivity index (χ0n) is 32.9. The first kappa shape index (κ1) is 41.0. The van der Waals surface area contributed by atoms with Crippen LogP contribution in [0.15, 0.2) is 24.5 Å². The summed E-state index contributed by atoms with van der Waals surface area (Å²) in [5.74, 6) is 2.65. The first-order valence-electron chi connectivity index (χ1n) is 18.7. The average molecular weight is 786 g/mol. The third-order valence-electron chi connectivity index (χ3n) is 9.84. The maximum atomic E-state index is 6.53. The van der Waals surface area contributed by atoms with E-state index in [1.807, 2.05) is 19.1 Å². The molecule has 5 heterocycles. The monoisotopic (exact) mass is 784 g/mol. The van der Waals surface area contributed by atoms with Crippen molar-refractivity contribution in [3.63, 3.8) is 0 Å². The molecule has 15 heteroatoms. The van der Waals surface area contributed by atoms with Gasteiger partial charge in [0.1, 0.15) is 31.5 Å². The molecule has 1 fully saturated rings. The number of ether oxygens (including phenoxy) is 5. The van der Waals surface area contributed by atoms with Crippen LogP contribution in [0.5, 0.6) is 17.5 Å². The fourth-order valence-electron chi connectivity index (χ4n) is 5.65. The van der Waals surface area contributed by atoms with Crippen molar-refractivity contribution in [2.45, 2.75) is 116 Å². The number of anilines is 1. The molecule has 2 aliphatic heterocycles. The van der Waals surface area contributed by atoms with Gasteiger partial charge in [0.2, 0.25) is 17.0 Å². The number of nitrogens with zero attached hydrogens (tertiary/aromatic N) is 6. The van der Waals surface area contributed by atoms with Crippen molar-refractivity contribution < 1.29 is 28.1 Å². The van der Waals surface area contributed by atoms with Crippen LogP contribution < -0.4 is 29.7 Å². The lowest BCUT2D eigenvalue weighted by Gasteiger charge is -2.36. The Morgan fingerprint density at radius 1 is 1.02 bits per heavy atom. The third-order valence-corrected chi connectivity index (χ3v) is 16.3. The molecule has 2 atom stereocenters. The predicted octanol–water partition coefficient (Wildman–Crippen LogP) is 6.52. The van der Waals surface area contributed by atoms with Gasteiger partial charge >= 0.3 is 0 Å². The number of halogens is 1. The molecule has 0 spiro atoms. The van der Waals surface area contributed by atoms with Crippen LogP contribution in [0.25, 0.3) is 12.2 Å². The van der Waals surface area contributed by atoms with Crippen molar-refractivity contribution in [2.24, 2.45) is 0 Å². The highest BCUT2D eigenvalue weighted by molar-refractivity contribution is 6.76. The van der Waals surface area contributed by atoms with Gasteiger partial charge in [0, 0.05) is 39.8 Å². The summed E-state index contributed by atoms with van der Waals surface area (Å²) in [6.07, 6.45) is 10.9. The highest BCUT2D eigenvalue weighted by Crippen LogP contribution is 2.38. The molecule has 2 aliphatic rings. The summed E-state index contributed by atoms with van der Waals surface area (Å²) in [7, 11) is -3.15. The second-order valence-corrected chi connectivity index (χ2v) is 27.0. The number of rotatable bonds is 16. The van der Waals surface area contributed by atoms with Gasteiger partial charge in [-0.05, 0) is 72.9 Å². The quantitative estimate of drug-likeness (QED) is 0.0893. The summed E-state index contributed by atoms with van der Waals surface area (Å²) in [6, 6.07) is 4.65. The zero-order chi connectivity index (χ0) is 38.2. The lowest BCUT2D eigenvalue weighted by molar-refractivity contribution is -0.106. The molecule has 0 radical (unpaired) electrons. The summed E-state index contributed by atoms with van der Waals surface area (Å²) in [6.45, 7) is 22.8. The van der Waals surface area contributed by atoms with Crippen LogP contribution in [0.2, 0.25) is 49.1 Å². The number of aromatic nitrogens is 5. The topological polar surface area (TPSA) is 123 Å². The average Bonchev–Trinajstić information content (AvgIpc) is 3.44. The molecule has 53 heavy (non-hydrogen) atoms. The molecule has 0 bridgehead atoms. The van der Waals surface area contributed by atoms with Crippen LogP contribution in [0.1, 0.15) is 58.3 Å². The molecule has 0 amide bonds. The number of hydrogen-bond acceptors (Lipinski definition) is 12. The Labute approximate surface area is 321 Å². The third kappa shape index (κ3) is 11.7.